The summed E-state index contributed by atoms with van der Waals surface area (Å²) in [6, 6.07) is 10.4. The third kappa shape index (κ3) is 5.55. The molecule has 7 nitrogen and oxygen atoms in total. The van der Waals surface area contributed by atoms with E-state index in [4.69, 9.17) is 11.6 Å². The molecule has 2 heterocycles. The fraction of sp³-hybridized carbons (Fsp3) is 0.250. The number of benzene rings is 1. The minimum atomic E-state index is 0.110. The van der Waals surface area contributed by atoms with Crippen molar-refractivity contribution in [3.05, 3.63) is 53.8 Å². The number of aromatic nitrogens is 3. The van der Waals surface area contributed by atoms with Crippen molar-refractivity contribution < 1.29 is 5.11 Å². The van der Waals surface area contributed by atoms with Crippen molar-refractivity contribution in [3.8, 4) is 17.0 Å². The van der Waals surface area contributed by atoms with Crippen LogP contribution in [0.4, 0.5) is 17.5 Å². The Morgan fingerprint density at radius 2 is 1.86 bits per heavy atom. The molecule has 3 rings (SSSR count). The largest absolute Gasteiger partial charge is 0.508 e. The van der Waals surface area contributed by atoms with Crippen molar-refractivity contribution in [1.29, 1.82) is 0 Å². The van der Waals surface area contributed by atoms with E-state index < -0.39 is 0 Å². The van der Waals surface area contributed by atoms with E-state index in [1.54, 1.807) is 24.5 Å². The van der Waals surface area contributed by atoms with Crippen molar-refractivity contribution in [1.82, 2.24) is 19.9 Å². The van der Waals surface area contributed by atoms with Crippen LogP contribution in [-0.4, -0.2) is 52.1 Å². The van der Waals surface area contributed by atoms with E-state index in [1.807, 2.05) is 32.3 Å². The lowest BCUT2D eigenvalue weighted by atomic mass is 10.2. The molecule has 0 unspecified atom stereocenters. The summed E-state index contributed by atoms with van der Waals surface area (Å²) in [6.45, 7) is 1.74. The van der Waals surface area contributed by atoms with Crippen molar-refractivity contribution in [2.45, 2.75) is 6.42 Å². The number of phenolic OH excluding ortho intramolecular Hbond substituents is 1. The number of phenols is 1. The van der Waals surface area contributed by atoms with E-state index in [-0.39, 0.29) is 5.75 Å². The Morgan fingerprint density at radius 3 is 2.57 bits per heavy atom. The van der Waals surface area contributed by atoms with Gasteiger partial charge in [0.15, 0.2) is 0 Å². The van der Waals surface area contributed by atoms with Gasteiger partial charge >= 0.3 is 0 Å². The first-order valence-corrected chi connectivity index (χ1v) is 9.32. The molecule has 0 bridgehead atoms. The summed E-state index contributed by atoms with van der Waals surface area (Å²) in [6.07, 6.45) is 4.43. The quantitative estimate of drug-likeness (QED) is 0.390. The number of hydrogen-bond donors (Lipinski definition) is 3. The van der Waals surface area contributed by atoms with Gasteiger partial charge in [-0.05, 0) is 51.3 Å². The maximum Gasteiger partial charge on any atom is 0.225 e. The van der Waals surface area contributed by atoms with Gasteiger partial charge in [0.05, 0.1) is 16.4 Å². The molecule has 0 fully saturated rings. The summed E-state index contributed by atoms with van der Waals surface area (Å²) in [5, 5.41) is 16.4. The summed E-state index contributed by atoms with van der Waals surface area (Å²) in [4.78, 5) is 15.4. The molecule has 2 aromatic heterocycles. The van der Waals surface area contributed by atoms with E-state index >= 15 is 0 Å². The van der Waals surface area contributed by atoms with E-state index in [0.29, 0.717) is 22.5 Å². The molecule has 0 aliphatic rings. The third-order valence-electron chi connectivity index (χ3n) is 3.98. The summed E-state index contributed by atoms with van der Waals surface area (Å²) >= 11 is 6.21. The predicted molar refractivity (Wildman–Crippen MR) is 113 cm³/mol. The average Bonchev–Trinajstić information content (AvgIpc) is 2.68. The van der Waals surface area contributed by atoms with Crippen molar-refractivity contribution in [2.75, 3.05) is 37.8 Å². The van der Waals surface area contributed by atoms with E-state index in [2.05, 4.69) is 30.5 Å². The van der Waals surface area contributed by atoms with Gasteiger partial charge in [0.25, 0.3) is 0 Å². The SMILES string of the molecule is CN(C)CCCNc1nc(Nc2ccc(O)cc2Cl)cc(-c2ccncc2)n1. The number of rotatable bonds is 8. The summed E-state index contributed by atoms with van der Waals surface area (Å²) in [5.74, 6) is 1.24. The Hall–Kier alpha value is -2.90. The molecule has 1 aromatic carbocycles. The third-order valence-corrected chi connectivity index (χ3v) is 4.30. The zero-order chi connectivity index (χ0) is 19.9. The standard InChI is InChI=1S/C20H23ClN6O/c1-27(2)11-3-8-23-20-25-18(14-6-9-22-10-7-14)13-19(26-20)24-17-5-4-15(28)12-16(17)21/h4-7,9-10,12-13,28H,3,8,11H2,1-2H3,(H2,23,24,25,26). The fourth-order valence-electron chi connectivity index (χ4n) is 2.60. The van der Waals surface area contributed by atoms with Crippen LogP contribution in [0.2, 0.25) is 5.02 Å². The highest BCUT2D eigenvalue weighted by molar-refractivity contribution is 6.33. The molecule has 28 heavy (non-hydrogen) atoms. The Bertz CT molecular complexity index is 920. The lowest BCUT2D eigenvalue weighted by Gasteiger charge is -2.13. The molecular formula is C20H23ClN6O. The maximum atomic E-state index is 9.54. The number of nitrogens with zero attached hydrogens (tertiary/aromatic N) is 4. The normalized spacial score (nSPS) is 10.9. The number of pyridine rings is 1. The zero-order valence-corrected chi connectivity index (χ0v) is 16.6. The van der Waals surface area contributed by atoms with Gasteiger partial charge in [-0.15, -0.1) is 0 Å². The van der Waals surface area contributed by atoms with Gasteiger partial charge in [-0.25, -0.2) is 4.98 Å². The summed E-state index contributed by atoms with van der Waals surface area (Å²) in [7, 11) is 4.09. The number of halogens is 1. The number of hydrogen-bond acceptors (Lipinski definition) is 7. The molecule has 0 amide bonds. The minimum Gasteiger partial charge on any atom is -0.508 e. The van der Waals surface area contributed by atoms with Crippen molar-refractivity contribution in [3.63, 3.8) is 0 Å². The van der Waals surface area contributed by atoms with Gasteiger partial charge < -0.3 is 20.6 Å². The molecular weight excluding hydrogens is 376 g/mol. The average molecular weight is 399 g/mol. The first-order chi connectivity index (χ1) is 13.5. The van der Waals surface area contributed by atoms with E-state index in [1.165, 1.54) is 6.07 Å². The van der Waals surface area contributed by atoms with Crippen LogP contribution in [0.5, 0.6) is 5.75 Å². The van der Waals surface area contributed by atoms with Gasteiger partial charge in [-0.1, -0.05) is 11.6 Å². The van der Waals surface area contributed by atoms with Crippen LogP contribution in [0.25, 0.3) is 11.3 Å². The van der Waals surface area contributed by atoms with E-state index in [9.17, 15) is 5.11 Å². The lowest BCUT2D eigenvalue weighted by molar-refractivity contribution is 0.405. The summed E-state index contributed by atoms with van der Waals surface area (Å²) < 4.78 is 0. The zero-order valence-electron chi connectivity index (χ0n) is 15.9. The molecule has 0 radical (unpaired) electrons. The second-order valence-corrected chi connectivity index (χ2v) is 6.98. The molecule has 0 spiro atoms. The number of aromatic hydroxyl groups is 1. The van der Waals surface area contributed by atoms with Crippen molar-refractivity contribution >= 4 is 29.1 Å². The molecule has 146 valence electrons. The van der Waals surface area contributed by atoms with Crippen LogP contribution in [0.1, 0.15) is 6.42 Å². The van der Waals surface area contributed by atoms with Crippen LogP contribution in [0.3, 0.4) is 0 Å². The molecule has 0 saturated heterocycles. The highest BCUT2D eigenvalue weighted by atomic mass is 35.5. The molecule has 3 aromatic rings. The maximum absolute atomic E-state index is 9.54. The monoisotopic (exact) mass is 398 g/mol. The summed E-state index contributed by atoms with van der Waals surface area (Å²) in [5.41, 5.74) is 2.36. The fourth-order valence-corrected chi connectivity index (χ4v) is 2.82. The first-order valence-electron chi connectivity index (χ1n) is 8.95. The number of nitrogens with one attached hydrogen (secondary N) is 2. The lowest BCUT2D eigenvalue weighted by Crippen LogP contribution is -2.17. The Kier molecular flexibility index (Phi) is 6.62. The smallest absolute Gasteiger partial charge is 0.225 e. The topological polar surface area (TPSA) is 86.2 Å². The second-order valence-electron chi connectivity index (χ2n) is 6.57. The predicted octanol–water partition coefficient (Wildman–Crippen LogP) is 4.00. The van der Waals surface area contributed by atoms with Gasteiger partial charge in [0.2, 0.25) is 5.95 Å². The molecule has 0 aliphatic heterocycles. The van der Waals surface area contributed by atoms with Gasteiger partial charge in [0.1, 0.15) is 11.6 Å². The van der Waals surface area contributed by atoms with Gasteiger partial charge in [-0.3, -0.25) is 4.98 Å². The van der Waals surface area contributed by atoms with Crippen LogP contribution < -0.4 is 10.6 Å². The molecule has 0 saturated carbocycles. The Morgan fingerprint density at radius 1 is 1.07 bits per heavy atom. The number of anilines is 3. The highest BCUT2D eigenvalue weighted by Gasteiger charge is 2.09. The van der Waals surface area contributed by atoms with Gasteiger partial charge in [0, 0.05) is 36.6 Å². The molecule has 0 atom stereocenters. The molecule has 8 heteroatoms. The van der Waals surface area contributed by atoms with E-state index in [0.717, 1.165) is 30.8 Å². The second kappa shape index (κ2) is 9.34. The van der Waals surface area contributed by atoms with Crippen LogP contribution in [-0.2, 0) is 0 Å². The van der Waals surface area contributed by atoms with Crippen LogP contribution in [0, 0.1) is 0 Å². The molecule has 0 aliphatic carbocycles. The highest BCUT2D eigenvalue weighted by Crippen LogP contribution is 2.29. The van der Waals surface area contributed by atoms with Crippen LogP contribution in [0.15, 0.2) is 48.8 Å². The van der Waals surface area contributed by atoms with Crippen LogP contribution >= 0.6 is 11.6 Å². The van der Waals surface area contributed by atoms with Gasteiger partial charge in [-0.2, -0.15) is 4.98 Å². The Labute approximate surface area is 169 Å². The van der Waals surface area contributed by atoms with Crippen molar-refractivity contribution in [2.24, 2.45) is 0 Å². The first kappa shape index (κ1) is 19.9. The minimum absolute atomic E-state index is 0.110. The molecule has 3 N–H and O–H groups in total. The Balaban J connectivity index is 1.86.